The molecule has 2 amide bonds. The molecule has 30 heavy (non-hydrogen) atoms. The summed E-state index contributed by atoms with van der Waals surface area (Å²) < 4.78 is 5.16. The maximum atomic E-state index is 13.1. The molecule has 1 saturated heterocycles. The average Bonchev–Trinajstić information content (AvgIpc) is 3.49. The Labute approximate surface area is 179 Å². The molecular weight excluding hydrogens is 398 g/mol. The number of thiophene rings is 1. The molecule has 0 spiro atoms. The summed E-state index contributed by atoms with van der Waals surface area (Å²) in [6.07, 6.45) is 1.21. The summed E-state index contributed by atoms with van der Waals surface area (Å²) in [5, 5.41) is 8.77. The number of aromatic nitrogens is 1. The Balaban J connectivity index is 1.56. The van der Waals surface area contributed by atoms with Crippen LogP contribution < -0.4 is 5.32 Å². The molecule has 1 atom stereocenters. The van der Waals surface area contributed by atoms with Gasteiger partial charge in [0.15, 0.2) is 0 Å². The predicted molar refractivity (Wildman–Crippen MR) is 116 cm³/mol. The number of rotatable bonds is 5. The van der Waals surface area contributed by atoms with E-state index in [2.05, 4.69) is 46.2 Å². The number of amides is 2. The molecule has 1 aliphatic rings. The lowest BCUT2D eigenvalue weighted by Crippen LogP contribution is -2.44. The number of carbonyl (C=O) groups excluding carboxylic acids is 2. The van der Waals surface area contributed by atoms with Crippen molar-refractivity contribution in [2.45, 2.75) is 26.7 Å². The summed E-state index contributed by atoms with van der Waals surface area (Å²) in [6, 6.07) is 12.5. The van der Waals surface area contributed by atoms with Crippen LogP contribution in [0.4, 0.5) is 0 Å². The summed E-state index contributed by atoms with van der Waals surface area (Å²) in [5.41, 5.74) is 2.70. The number of benzene rings is 1. The lowest BCUT2D eigenvalue weighted by Gasteiger charge is -2.28. The molecule has 2 aromatic heterocycles. The van der Waals surface area contributed by atoms with Gasteiger partial charge < -0.3 is 14.7 Å². The van der Waals surface area contributed by atoms with E-state index in [-0.39, 0.29) is 11.8 Å². The van der Waals surface area contributed by atoms with Crippen molar-refractivity contribution < 1.29 is 14.1 Å². The summed E-state index contributed by atoms with van der Waals surface area (Å²) in [6.45, 7) is 4.41. The van der Waals surface area contributed by atoms with Gasteiger partial charge in [-0.25, -0.2) is 0 Å². The molecule has 0 aliphatic carbocycles. The fourth-order valence-electron chi connectivity index (χ4n) is 4.29. The molecule has 156 valence electrons. The maximum absolute atomic E-state index is 13.1. The minimum absolute atomic E-state index is 0.0288. The molecule has 0 radical (unpaired) electrons. The number of hydrogen-bond acceptors (Lipinski definition) is 5. The number of hydrogen-bond donors (Lipinski definition) is 1. The van der Waals surface area contributed by atoms with E-state index >= 15 is 0 Å². The monoisotopic (exact) mass is 423 g/mol. The minimum Gasteiger partial charge on any atom is -0.361 e. The van der Waals surface area contributed by atoms with Crippen LogP contribution in [0.15, 0.2) is 46.3 Å². The molecule has 3 heterocycles. The first-order chi connectivity index (χ1) is 14.4. The normalized spacial score (nSPS) is 18.6. The van der Waals surface area contributed by atoms with Gasteiger partial charge in [-0.2, -0.15) is 0 Å². The van der Waals surface area contributed by atoms with E-state index in [0.717, 1.165) is 5.56 Å². The highest BCUT2D eigenvalue weighted by molar-refractivity contribution is 7.13. The fourth-order valence-corrected chi connectivity index (χ4v) is 5.02. The van der Waals surface area contributed by atoms with E-state index in [0.29, 0.717) is 42.9 Å². The Morgan fingerprint density at radius 3 is 2.60 bits per heavy atom. The summed E-state index contributed by atoms with van der Waals surface area (Å²) in [4.78, 5) is 29.0. The van der Waals surface area contributed by atoms with Gasteiger partial charge in [-0.3, -0.25) is 9.59 Å². The van der Waals surface area contributed by atoms with E-state index in [1.807, 2.05) is 6.07 Å². The minimum atomic E-state index is -0.645. The predicted octanol–water partition coefficient (Wildman–Crippen LogP) is 3.84. The molecule has 1 N–H and O–H groups in total. The van der Waals surface area contributed by atoms with Gasteiger partial charge in [-0.15, -0.1) is 11.3 Å². The highest BCUT2D eigenvalue weighted by atomic mass is 32.1. The molecule has 1 aliphatic heterocycles. The van der Waals surface area contributed by atoms with Crippen LogP contribution in [-0.4, -0.2) is 42.0 Å². The third kappa shape index (κ3) is 3.65. The second-order valence-electron chi connectivity index (χ2n) is 7.89. The SMILES string of the molecule is CNC(=O)C1(Cc2ccc(-c3cccs3)cc2)CCN(C(=O)c2c(C)noc2C)C1. The lowest BCUT2D eigenvalue weighted by atomic mass is 9.79. The smallest absolute Gasteiger partial charge is 0.259 e. The van der Waals surface area contributed by atoms with E-state index in [1.54, 1.807) is 37.1 Å². The van der Waals surface area contributed by atoms with Crippen LogP contribution >= 0.6 is 11.3 Å². The van der Waals surface area contributed by atoms with E-state index in [1.165, 1.54) is 10.4 Å². The van der Waals surface area contributed by atoms with Gasteiger partial charge in [0, 0.05) is 25.0 Å². The fraction of sp³-hybridized carbons (Fsp3) is 0.348. The Morgan fingerprint density at radius 2 is 2.00 bits per heavy atom. The molecule has 0 bridgehead atoms. The van der Waals surface area contributed by atoms with Crippen molar-refractivity contribution in [2.24, 2.45) is 5.41 Å². The molecule has 1 fully saturated rings. The highest BCUT2D eigenvalue weighted by Gasteiger charge is 2.46. The van der Waals surface area contributed by atoms with Crippen molar-refractivity contribution in [3.8, 4) is 10.4 Å². The molecule has 1 aromatic carbocycles. The third-order valence-electron chi connectivity index (χ3n) is 5.90. The molecule has 4 rings (SSSR count). The summed E-state index contributed by atoms with van der Waals surface area (Å²) in [7, 11) is 1.66. The van der Waals surface area contributed by atoms with Crippen LogP contribution in [0.5, 0.6) is 0 Å². The van der Waals surface area contributed by atoms with Crippen LogP contribution in [0.3, 0.4) is 0 Å². The number of carbonyl (C=O) groups is 2. The number of nitrogens with zero attached hydrogens (tertiary/aromatic N) is 2. The van der Waals surface area contributed by atoms with Gasteiger partial charge in [0.05, 0.1) is 11.1 Å². The van der Waals surface area contributed by atoms with Crippen LogP contribution in [0.2, 0.25) is 0 Å². The second kappa shape index (κ2) is 8.07. The van der Waals surface area contributed by atoms with Gasteiger partial charge in [0.1, 0.15) is 11.3 Å². The van der Waals surface area contributed by atoms with Gasteiger partial charge >= 0.3 is 0 Å². The Morgan fingerprint density at radius 1 is 1.23 bits per heavy atom. The zero-order valence-electron chi connectivity index (χ0n) is 17.4. The molecule has 3 aromatic rings. The van der Waals surface area contributed by atoms with Crippen molar-refractivity contribution in [3.63, 3.8) is 0 Å². The lowest BCUT2D eigenvalue weighted by molar-refractivity contribution is -0.129. The van der Waals surface area contributed by atoms with Crippen molar-refractivity contribution in [2.75, 3.05) is 20.1 Å². The van der Waals surface area contributed by atoms with Crippen LogP contribution in [-0.2, 0) is 11.2 Å². The summed E-state index contributed by atoms with van der Waals surface area (Å²) in [5.74, 6) is 0.364. The van der Waals surface area contributed by atoms with Crippen molar-refractivity contribution in [1.29, 1.82) is 0 Å². The van der Waals surface area contributed by atoms with Crippen LogP contribution in [0.25, 0.3) is 10.4 Å². The van der Waals surface area contributed by atoms with E-state index in [4.69, 9.17) is 4.52 Å². The van der Waals surface area contributed by atoms with Crippen LogP contribution in [0.1, 0.15) is 33.8 Å². The first-order valence-electron chi connectivity index (χ1n) is 10.0. The second-order valence-corrected chi connectivity index (χ2v) is 8.83. The first-order valence-corrected chi connectivity index (χ1v) is 10.9. The first kappa shape index (κ1) is 20.3. The van der Waals surface area contributed by atoms with Gasteiger partial charge in [0.2, 0.25) is 5.91 Å². The maximum Gasteiger partial charge on any atom is 0.259 e. The summed E-state index contributed by atoms with van der Waals surface area (Å²) >= 11 is 1.71. The highest BCUT2D eigenvalue weighted by Crippen LogP contribution is 2.36. The van der Waals surface area contributed by atoms with Crippen LogP contribution in [0, 0.1) is 19.3 Å². The van der Waals surface area contributed by atoms with Crippen molar-refractivity contribution in [1.82, 2.24) is 15.4 Å². The van der Waals surface area contributed by atoms with Gasteiger partial charge in [0.25, 0.3) is 5.91 Å². The molecule has 1 unspecified atom stereocenters. The molecule has 6 nitrogen and oxygen atoms in total. The van der Waals surface area contributed by atoms with Crippen molar-refractivity contribution >= 4 is 23.2 Å². The van der Waals surface area contributed by atoms with Crippen molar-refractivity contribution in [3.05, 3.63) is 64.4 Å². The van der Waals surface area contributed by atoms with Gasteiger partial charge in [-0.1, -0.05) is 35.5 Å². The van der Waals surface area contributed by atoms with Gasteiger partial charge in [-0.05, 0) is 49.3 Å². The number of likely N-dealkylation sites (tertiary alicyclic amines) is 1. The number of aryl methyl sites for hydroxylation is 2. The third-order valence-corrected chi connectivity index (χ3v) is 6.82. The quantitative estimate of drug-likeness (QED) is 0.677. The van der Waals surface area contributed by atoms with E-state index < -0.39 is 5.41 Å². The molecular formula is C23H25N3O3S. The zero-order chi connectivity index (χ0) is 21.3. The molecule has 7 heteroatoms. The average molecular weight is 424 g/mol. The largest absolute Gasteiger partial charge is 0.361 e. The number of nitrogens with one attached hydrogen (secondary N) is 1. The Hall–Kier alpha value is -2.93. The Bertz CT molecular complexity index is 1040. The topological polar surface area (TPSA) is 75.4 Å². The standard InChI is InChI=1S/C23H25N3O3S/c1-15-20(16(2)29-25-15)21(27)26-11-10-23(14-26,22(28)24-3)13-17-6-8-18(9-7-17)19-5-4-12-30-19/h4-9,12H,10-11,13-14H2,1-3H3,(H,24,28). The molecule has 0 saturated carbocycles. The Kier molecular flexibility index (Phi) is 5.47. The van der Waals surface area contributed by atoms with E-state index in [9.17, 15) is 9.59 Å². The zero-order valence-corrected chi connectivity index (χ0v) is 18.2.